The van der Waals surface area contributed by atoms with E-state index in [1.165, 1.54) is 0 Å². The third-order valence-electron chi connectivity index (χ3n) is 1.48. The fourth-order valence-electron chi connectivity index (χ4n) is 0.836. The summed E-state index contributed by atoms with van der Waals surface area (Å²) in [6.07, 6.45) is -1.74. The lowest BCUT2D eigenvalue weighted by Gasteiger charge is -2.07. The van der Waals surface area contributed by atoms with Crippen molar-refractivity contribution in [3.05, 3.63) is 27.7 Å². The van der Waals surface area contributed by atoms with Gasteiger partial charge in [-0.25, -0.2) is 18.2 Å². The number of halogens is 5. The van der Waals surface area contributed by atoms with Crippen LogP contribution in [0.1, 0.15) is 17.6 Å². The highest BCUT2D eigenvalue weighted by Gasteiger charge is 2.18. The molecule has 0 saturated heterocycles. The van der Waals surface area contributed by atoms with E-state index in [2.05, 4.69) is 36.8 Å². The predicted octanol–water partition coefficient (Wildman–Crippen LogP) is 3.82. The first kappa shape index (κ1) is 11.0. The van der Waals surface area contributed by atoms with Crippen molar-refractivity contribution < 1.29 is 13.2 Å². The average Bonchev–Trinajstić information content (AvgIpc) is 2.09. The van der Waals surface area contributed by atoms with Gasteiger partial charge in [-0.3, -0.25) is 0 Å². The molecule has 13 heavy (non-hydrogen) atoms. The summed E-state index contributed by atoms with van der Waals surface area (Å²) in [5.74, 6) is -0.741. The van der Waals surface area contributed by atoms with E-state index in [0.29, 0.717) is 0 Å². The van der Waals surface area contributed by atoms with Crippen molar-refractivity contribution in [3.8, 4) is 0 Å². The molecule has 0 aliphatic heterocycles. The summed E-state index contributed by atoms with van der Waals surface area (Å²) < 4.78 is 37.7. The fraction of sp³-hybridized carbons (Fsp3) is 0.286. The molecule has 0 bridgehead atoms. The van der Waals surface area contributed by atoms with Gasteiger partial charge in [-0.15, -0.1) is 0 Å². The molecule has 0 spiro atoms. The lowest BCUT2D eigenvalue weighted by atomic mass is 10.1. The molecule has 0 saturated carbocycles. The number of hydrogen-bond acceptors (Lipinski definition) is 1. The van der Waals surface area contributed by atoms with Gasteiger partial charge in [0.15, 0.2) is 5.82 Å². The summed E-state index contributed by atoms with van der Waals surface area (Å²) in [6, 6.07) is 0. The smallest absolute Gasteiger partial charge is 0.246 e. The second kappa shape index (κ2) is 4.41. The van der Waals surface area contributed by atoms with Gasteiger partial charge in [-0.05, 0) is 15.9 Å². The number of rotatable bonds is 2. The summed E-state index contributed by atoms with van der Waals surface area (Å²) in [5, 5.41) is 0.0413. The van der Waals surface area contributed by atoms with Crippen LogP contribution < -0.4 is 0 Å². The Kier molecular flexibility index (Phi) is 3.73. The Morgan fingerprint density at radius 2 is 2.08 bits per heavy atom. The van der Waals surface area contributed by atoms with Crippen LogP contribution in [0.3, 0.4) is 0 Å². The van der Waals surface area contributed by atoms with Gasteiger partial charge in [0.1, 0.15) is 4.60 Å². The first-order valence-electron chi connectivity index (χ1n) is 3.24. The second-order valence-electron chi connectivity index (χ2n) is 2.23. The zero-order chi connectivity index (χ0) is 10.0. The van der Waals surface area contributed by atoms with Gasteiger partial charge < -0.3 is 0 Å². The lowest BCUT2D eigenvalue weighted by molar-refractivity contribution is 0.149. The molecule has 0 amide bonds. The van der Waals surface area contributed by atoms with Gasteiger partial charge in [-0.1, -0.05) is 15.9 Å². The molecule has 0 atom stereocenters. The summed E-state index contributed by atoms with van der Waals surface area (Å²) in [4.78, 5) is 3.45. The van der Waals surface area contributed by atoms with Crippen molar-refractivity contribution in [2.75, 3.05) is 0 Å². The van der Waals surface area contributed by atoms with E-state index in [4.69, 9.17) is 0 Å². The maximum atomic E-state index is 13.2. The van der Waals surface area contributed by atoms with Crippen LogP contribution in [0.25, 0.3) is 0 Å². The maximum absolute atomic E-state index is 13.2. The van der Waals surface area contributed by atoms with Crippen LogP contribution in [0.4, 0.5) is 13.2 Å². The summed E-state index contributed by atoms with van der Waals surface area (Å²) in [7, 11) is 0. The number of pyridine rings is 1. The van der Waals surface area contributed by atoms with Crippen molar-refractivity contribution in [2.24, 2.45) is 0 Å². The first-order chi connectivity index (χ1) is 6.07. The second-order valence-corrected chi connectivity index (χ2v) is 3.54. The van der Waals surface area contributed by atoms with E-state index in [0.717, 1.165) is 6.20 Å². The van der Waals surface area contributed by atoms with Crippen LogP contribution in [0.15, 0.2) is 10.8 Å². The molecular formula is C7H4Br2F3N. The van der Waals surface area contributed by atoms with Crippen molar-refractivity contribution in [1.29, 1.82) is 0 Å². The number of hydrogen-bond donors (Lipinski definition) is 0. The minimum atomic E-state index is -2.71. The number of aromatic nitrogens is 1. The SMILES string of the molecule is Fc1c(Br)ncc(C(F)F)c1CBr. The van der Waals surface area contributed by atoms with Gasteiger partial charge in [0.2, 0.25) is 0 Å². The molecule has 1 nitrogen and oxygen atoms in total. The Morgan fingerprint density at radius 3 is 2.54 bits per heavy atom. The van der Waals surface area contributed by atoms with Gasteiger partial charge in [0, 0.05) is 22.7 Å². The van der Waals surface area contributed by atoms with E-state index < -0.39 is 12.2 Å². The summed E-state index contributed by atoms with van der Waals surface area (Å²) >= 11 is 5.76. The molecule has 1 rings (SSSR count). The van der Waals surface area contributed by atoms with E-state index in [-0.39, 0.29) is 21.1 Å². The molecule has 1 aromatic rings. The highest BCUT2D eigenvalue weighted by Crippen LogP contribution is 2.28. The van der Waals surface area contributed by atoms with Crippen molar-refractivity contribution in [1.82, 2.24) is 4.98 Å². The van der Waals surface area contributed by atoms with Gasteiger partial charge in [-0.2, -0.15) is 0 Å². The van der Waals surface area contributed by atoms with Crippen LogP contribution in [0.2, 0.25) is 0 Å². The van der Waals surface area contributed by atoms with E-state index >= 15 is 0 Å². The largest absolute Gasteiger partial charge is 0.265 e. The first-order valence-corrected chi connectivity index (χ1v) is 5.16. The van der Waals surface area contributed by atoms with Crippen LogP contribution in [0.5, 0.6) is 0 Å². The standard InChI is InChI=1S/C7H4Br2F3N/c8-1-3-4(7(11)12)2-13-6(9)5(3)10/h2,7H,1H2. The van der Waals surface area contributed by atoms with Crippen LogP contribution in [-0.4, -0.2) is 4.98 Å². The fourth-order valence-corrected chi connectivity index (χ4v) is 1.75. The van der Waals surface area contributed by atoms with Crippen molar-refractivity contribution in [3.63, 3.8) is 0 Å². The molecule has 1 heterocycles. The zero-order valence-electron chi connectivity index (χ0n) is 6.20. The zero-order valence-corrected chi connectivity index (χ0v) is 9.37. The van der Waals surface area contributed by atoms with Gasteiger partial charge >= 0.3 is 0 Å². The van der Waals surface area contributed by atoms with E-state index in [1.54, 1.807) is 0 Å². The molecule has 0 aliphatic rings. The molecule has 0 unspecified atom stereocenters. The molecule has 6 heteroatoms. The maximum Gasteiger partial charge on any atom is 0.265 e. The molecule has 0 fully saturated rings. The Bertz CT molecular complexity index is 317. The van der Waals surface area contributed by atoms with Crippen LogP contribution in [-0.2, 0) is 5.33 Å². The van der Waals surface area contributed by atoms with Crippen molar-refractivity contribution >= 4 is 31.9 Å². The summed E-state index contributed by atoms with van der Waals surface area (Å²) in [5.41, 5.74) is -0.436. The Labute approximate surface area is 89.6 Å². The summed E-state index contributed by atoms with van der Waals surface area (Å²) in [6.45, 7) is 0. The average molecular weight is 319 g/mol. The van der Waals surface area contributed by atoms with Crippen LogP contribution in [0, 0.1) is 5.82 Å². The Hall–Kier alpha value is -0.100. The quantitative estimate of drug-likeness (QED) is 0.597. The Morgan fingerprint density at radius 1 is 1.46 bits per heavy atom. The molecule has 0 aromatic carbocycles. The third kappa shape index (κ3) is 2.22. The minimum absolute atomic E-state index is 0.0413. The molecule has 72 valence electrons. The highest BCUT2D eigenvalue weighted by molar-refractivity contribution is 9.10. The highest BCUT2D eigenvalue weighted by atomic mass is 79.9. The van der Waals surface area contributed by atoms with Crippen LogP contribution >= 0.6 is 31.9 Å². The van der Waals surface area contributed by atoms with Crippen molar-refractivity contribution in [2.45, 2.75) is 11.8 Å². The monoisotopic (exact) mass is 317 g/mol. The molecule has 0 aliphatic carbocycles. The predicted molar refractivity (Wildman–Crippen MR) is 49.5 cm³/mol. The normalized spacial score (nSPS) is 10.9. The molecular weight excluding hydrogens is 315 g/mol. The Balaban J connectivity index is 3.30. The number of nitrogens with zero attached hydrogens (tertiary/aromatic N) is 1. The van der Waals surface area contributed by atoms with Gasteiger partial charge in [0.05, 0.1) is 0 Å². The minimum Gasteiger partial charge on any atom is -0.246 e. The van der Waals surface area contributed by atoms with E-state index in [1.807, 2.05) is 0 Å². The topological polar surface area (TPSA) is 12.9 Å². The lowest BCUT2D eigenvalue weighted by Crippen LogP contribution is -1.99. The molecule has 1 aromatic heterocycles. The third-order valence-corrected chi connectivity index (χ3v) is 2.59. The van der Waals surface area contributed by atoms with E-state index in [9.17, 15) is 13.2 Å². The molecule has 0 N–H and O–H groups in total. The number of alkyl halides is 3. The van der Waals surface area contributed by atoms with Gasteiger partial charge in [0.25, 0.3) is 6.43 Å². The molecule has 0 radical (unpaired) electrons.